The van der Waals surface area contributed by atoms with Crippen LogP contribution in [0.25, 0.3) is 0 Å². The predicted octanol–water partition coefficient (Wildman–Crippen LogP) is 2.46. The lowest BCUT2D eigenvalue weighted by atomic mass is 10.1. The van der Waals surface area contributed by atoms with E-state index in [1.54, 1.807) is 6.92 Å². The molecule has 8 nitrogen and oxygen atoms in total. The third-order valence-electron chi connectivity index (χ3n) is 4.30. The van der Waals surface area contributed by atoms with Gasteiger partial charge in [-0.3, -0.25) is 10.1 Å². The Morgan fingerprint density at radius 3 is 2.62 bits per heavy atom. The molecule has 164 valence electrons. The monoisotopic (exact) mass is 440 g/mol. The maximum absolute atomic E-state index is 12.3. The van der Waals surface area contributed by atoms with E-state index in [9.17, 15) is 31.2 Å². The number of nitrogens with one attached hydrogen (secondary N) is 1. The van der Waals surface area contributed by atoms with Gasteiger partial charge in [-0.2, -0.15) is 13.2 Å². The van der Waals surface area contributed by atoms with Gasteiger partial charge in [0.2, 0.25) is 5.91 Å². The largest absolute Gasteiger partial charge is 0.455 e. The maximum atomic E-state index is 12.3. The van der Waals surface area contributed by atoms with Gasteiger partial charge in [0.1, 0.15) is 6.54 Å². The average Bonchev–Trinajstić information content (AvgIpc) is 3.18. The van der Waals surface area contributed by atoms with Crippen LogP contribution in [-0.4, -0.2) is 62.6 Å². The Morgan fingerprint density at radius 1 is 1.28 bits per heavy atom. The van der Waals surface area contributed by atoms with Gasteiger partial charge in [0.15, 0.2) is 16.4 Å². The van der Waals surface area contributed by atoms with Gasteiger partial charge in [-0.05, 0) is 24.3 Å². The number of alkyl halides is 3. The van der Waals surface area contributed by atoms with Gasteiger partial charge in [-0.15, -0.1) is 0 Å². The minimum Gasteiger partial charge on any atom is -0.455 e. The summed E-state index contributed by atoms with van der Waals surface area (Å²) in [5.74, 6) is -1.35. The van der Waals surface area contributed by atoms with Gasteiger partial charge in [0.25, 0.3) is 5.95 Å². The van der Waals surface area contributed by atoms with Crippen LogP contribution in [0, 0.1) is 0 Å². The summed E-state index contributed by atoms with van der Waals surface area (Å²) in [4.78, 5) is 23.8. The Hall–Kier alpha value is -2.24. The number of nitrogens with zero attached hydrogens (tertiary/aromatic N) is 1. The van der Waals surface area contributed by atoms with E-state index in [1.807, 2.05) is 0 Å². The van der Waals surface area contributed by atoms with Crippen LogP contribution in [0.4, 0.5) is 18.0 Å². The zero-order valence-electron chi connectivity index (χ0n) is 15.8. The smallest absolute Gasteiger partial charge is 0.422 e. The highest BCUT2D eigenvalue weighted by molar-refractivity contribution is 7.91. The molecule has 0 spiro atoms. The van der Waals surface area contributed by atoms with Crippen LogP contribution in [0.1, 0.15) is 37.7 Å². The molecule has 2 rings (SSSR count). The van der Waals surface area contributed by atoms with Crippen molar-refractivity contribution in [3.05, 3.63) is 17.9 Å². The first-order valence-corrected chi connectivity index (χ1v) is 10.8. The van der Waals surface area contributed by atoms with Gasteiger partial charge in [-0.1, -0.05) is 13.3 Å². The van der Waals surface area contributed by atoms with Crippen LogP contribution in [0.3, 0.4) is 0 Å². The summed E-state index contributed by atoms with van der Waals surface area (Å²) in [7, 11) is -3.38. The zero-order valence-corrected chi connectivity index (χ0v) is 16.6. The molecule has 2 heterocycles. The summed E-state index contributed by atoms with van der Waals surface area (Å²) in [6, 6.07) is 0.823. The van der Waals surface area contributed by atoms with Crippen molar-refractivity contribution in [2.75, 3.05) is 31.2 Å². The number of hydrogen-bond donors (Lipinski definition) is 1. The number of furan rings is 1. The van der Waals surface area contributed by atoms with Crippen LogP contribution in [0.15, 0.2) is 16.7 Å². The number of amides is 3. The van der Waals surface area contributed by atoms with Crippen LogP contribution >= 0.6 is 0 Å². The molecule has 3 amide bonds. The molecule has 1 fully saturated rings. The summed E-state index contributed by atoms with van der Waals surface area (Å²) in [6.07, 6.45) is -1.74. The summed E-state index contributed by atoms with van der Waals surface area (Å²) < 4.78 is 70.3. The van der Waals surface area contributed by atoms with Crippen molar-refractivity contribution in [3.8, 4) is 5.95 Å². The van der Waals surface area contributed by atoms with E-state index in [4.69, 9.17) is 4.42 Å². The summed E-state index contributed by atoms with van der Waals surface area (Å²) >= 11 is 0. The van der Waals surface area contributed by atoms with Crippen LogP contribution < -0.4 is 10.1 Å². The molecule has 0 bridgehead atoms. The highest BCUT2D eigenvalue weighted by Crippen LogP contribution is 2.26. The second-order valence-corrected chi connectivity index (χ2v) is 9.18. The van der Waals surface area contributed by atoms with Gasteiger partial charge in [0, 0.05) is 12.6 Å². The number of urea groups is 1. The summed E-state index contributed by atoms with van der Waals surface area (Å²) in [6.45, 7) is 0.552. The van der Waals surface area contributed by atoms with Crippen LogP contribution in [0.5, 0.6) is 5.95 Å². The van der Waals surface area contributed by atoms with E-state index in [2.05, 4.69) is 10.1 Å². The Labute approximate surface area is 166 Å². The lowest BCUT2D eigenvalue weighted by Gasteiger charge is -2.13. The second-order valence-electron chi connectivity index (χ2n) is 6.95. The predicted molar refractivity (Wildman–Crippen MR) is 96.3 cm³/mol. The number of imide groups is 1. The van der Waals surface area contributed by atoms with E-state index >= 15 is 0 Å². The van der Waals surface area contributed by atoms with Crippen molar-refractivity contribution in [1.29, 1.82) is 0 Å². The molecular weight excluding hydrogens is 417 g/mol. The molecule has 1 aromatic rings. The van der Waals surface area contributed by atoms with Crippen LogP contribution in [0.2, 0.25) is 0 Å². The van der Waals surface area contributed by atoms with Gasteiger partial charge < -0.3 is 14.1 Å². The number of rotatable bonds is 11. The first kappa shape index (κ1) is 23.0. The van der Waals surface area contributed by atoms with Gasteiger partial charge in [0.05, 0.1) is 17.8 Å². The summed E-state index contributed by atoms with van der Waals surface area (Å²) in [5, 5.41) is 2.17. The Kier molecular flexibility index (Phi) is 7.55. The van der Waals surface area contributed by atoms with Crippen molar-refractivity contribution >= 4 is 21.8 Å². The van der Waals surface area contributed by atoms with Crippen molar-refractivity contribution in [1.82, 2.24) is 10.2 Å². The molecular formula is C17H23F3N2O6S. The van der Waals surface area contributed by atoms with Crippen molar-refractivity contribution < 1.29 is 40.3 Å². The lowest BCUT2D eigenvalue weighted by molar-refractivity contribution is -0.156. The molecule has 1 aromatic heterocycles. The SMILES string of the molecule is C[C@@H](CS(=O)(=O)CCCCCN1CC(=O)NC1=O)c1coc(OCC(F)(F)F)c1. The number of unbranched alkanes of at least 4 members (excludes halogenated alkanes) is 2. The van der Waals surface area contributed by atoms with E-state index in [-0.39, 0.29) is 29.9 Å². The van der Waals surface area contributed by atoms with E-state index < -0.39 is 34.6 Å². The van der Waals surface area contributed by atoms with Crippen molar-refractivity contribution in [2.45, 2.75) is 38.3 Å². The highest BCUT2D eigenvalue weighted by Gasteiger charge is 2.29. The molecule has 0 saturated carbocycles. The quantitative estimate of drug-likeness (QED) is 0.419. The summed E-state index contributed by atoms with van der Waals surface area (Å²) in [5.41, 5.74) is 0.440. The molecule has 0 aliphatic carbocycles. The second kappa shape index (κ2) is 9.51. The number of ether oxygens (including phenoxy) is 1. The first-order valence-electron chi connectivity index (χ1n) is 9.02. The fourth-order valence-electron chi connectivity index (χ4n) is 2.84. The first-order chi connectivity index (χ1) is 13.5. The molecule has 1 atom stereocenters. The standard InChI is InChI=1S/C17H23F3N2O6S/c1-12(13-7-15(27-9-13)28-11-17(18,19)20)10-29(25,26)6-4-2-3-5-22-8-14(23)21-16(22)24/h7,9,12H,2-6,8,10-11H2,1H3,(H,21,23,24)/t12-/m0/s1. The number of sulfone groups is 1. The number of carbonyl (C=O) groups is 2. The van der Waals surface area contributed by atoms with E-state index in [0.29, 0.717) is 31.4 Å². The molecule has 0 aromatic carbocycles. The van der Waals surface area contributed by atoms with Crippen LogP contribution in [-0.2, 0) is 14.6 Å². The third-order valence-corrected chi connectivity index (χ3v) is 6.22. The van der Waals surface area contributed by atoms with Crippen molar-refractivity contribution in [2.24, 2.45) is 0 Å². The van der Waals surface area contributed by atoms with E-state index in [0.717, 1.165) is 0 Å². The van der Waals surface area contributed by atoms with Gasteiger partial charge in [-0.25, -0.2) is 13.2 Å². The van der Waals surface area contributed by atoms with Crippen molar-refractivity contribution in [3.63, 3.8) is 0 Å². The number of carbonyl (C=O) groups excluding carboxylic acids is 2. The molecule has 1 aliphatic heterocycles. The zero-order chi connectivity index (χ0) is 21.7. The molecule has 1 aliphatic rings. The Morgan fingerprint density at radius 2 is 2.00 bits per heavy atom. The minimum atomic E-state index is -4.49. The fourth-order valence-corrected chi connectivity index (χ4v) is 4.61. The topological polar surface area (TPSA) is 106 Å². The molecule has 29 heavy (non-hydrogen) atoms. The average molecular weight is 440 g/mol. The normalized spacial score (nSPS) is 16.2. The molecule has 0 radical (unpaired) electrons. The van der Waals surface area contributed by atoms with Gasteiger partial charge >= 0.3 is 12.2 Å². The molecule has 1 saturated heterocycles. The third kappa shape index (κ3) is 7.95. The fraction of sp³-hybridized carbons (Fsp3) is 0.647. The molecule has 12 heteroatoms. The Bertz CT molecular complexity index is 821. The number of hydrogen-bond acceptors (Lipinski definition) is 6. The Balaban J connectivity index is 1.71. The molecule has 0 unspecified atom stereocenters. The maximum Gasteiger partial charge on any atom is 0.422 e. The number of halogens is 3. The van der Waals surface area contributed by atoms with E-state index in [1.165, 1.54) is 17.2 Å². The lowest BCUT2D eigenvalue weighted by Crippen LogP contribution is -2.29. The highest BCUT2D eigenvalue weighted by atomic mass is 32.2. The minimum absolute atomic E-state index is 0.0218. The molecule has 1 N–H and O–H groups in total.